The summed E-state index contributed by atoms with van der Waals surface area (Å²) in [6, 6.07) is 7.81. The molecule has 0 aliphatic carbocycles. The van der Waals surface area contributed by atoms with Crippen LogP contribution in [0.3, 0.4) is 0 Å². The van der Waals surface area contributed by atoms with Gasteiger partial charge in [0.1, 0.15) is 5.75 Å². The van der Waals surface area contributed by atoms with Crippen LogP contribution in [0.25, 0.3) is 0 Å². The van der Waals surface area contributed by atoms with Crippen LogP contribution in [0.1, 0.15) is 18.9 Å². The third kappa shape index (κ3) is 4.38. The Morgan fingerprint density at radius 3 is 2.47 bits per heavy atom. The first-order valence-electron chi connectivity index (χ1n) is 5.68. The zero-order valence-corrected chi connectivity index (χ0v) is 11.9. The van der Waals surface area contributed by atoms with Gasteiger partial charge in [-0.05, 0) is 24.6 Å². The van der Waals surface area contributed by atoms with E-state index in [0.29, 0.717) is 18.3 Å². The highest BCUT2D eigenvalue weighted by Crippen LogP contribution is 2.13. The molecule has 0 fully saturated rings. The highest BCUT2D eigenvalue weighted by Gasteiger charge is 2.10. The zero-order valence-electron chi connectivity index (χ0n) is 10.3. The number of rotatable bonds is 6. The van der Waals surface area contributed by atoms with E-state index in [9.17, 15) is 4.79 Å². The average molecular weight is 300 g/mol. The maximum Gasteiger partial charge on any atom is 0.223 e. The van der Waals surface area contributed by atoms with Crippen molar-refractivity contribution in [3.63, 3.8) is 0 Å². The van der Waals surface area contributed by atoms with Crippen molar-refractivity contribution in [1.29, 1.82) is 0 Å². The summed E-state index contributed by atoms with van der Waals surface area (Å²) in [6.45, 7) is 3.39. The predicted molar refractivity (Wildman–Crippen MR) is 72.5 cm³/mol. The first-order chi connectivity index (χ1) is 8.21. The lowest BCUT2D eigenvalue weighted by Gasteiger charge is -2.20. The molecule has 0 aromatic heterocycles. The summed E-state index contributed by atoms with van der Waals surface area (Å²) in [5.41, 5.74) is 1.12. The van der Waals surface area contributed by atoms with Crippen LogP contribution in [-0.2, 0) is 11.3 Å². The van der Waals surface area contributed by atoms with Crippen molar-refractivity contribution in [3.05, 3.63) is 29.8 Å². The molecule has 1 aromatic rings. The van der Waals surface area contributed by atoms with Gasteiger partial charge in [0.2, 0.25) is 5.91 Å². The lowest BCUT2D eigenvalue weighted by atomic mass is 10.2. The summed E-state index contributed by atoms with van der Waals surface area (Å²) < 4.78 is 5.10. The van der Waals surface area contributed by atoms with E-state index in [1.165, 1.54) is 0 Å². The van der Waals surface area contributed by atoms with E-state index >= 15 is 0 Å². The fourth-order valence-electron chi connectivity index (χ4n) is 1.57. The summed E-state index contributed by atoms with van der Waals surface area (Å²) in [5.74, 6) is 1.02. The van der Waals surface area contributed by atoms with Gasteiger partial charge in [0, 0.05) is 24.8 Å². The topological polar surface area (TPSA) is 29.5 Å². The van der Waals surface area contributed by atoms with Crippen molar-refractivity contribution in [3.8, 4) is 5.75 Å². The number of nitrogens with zero attached hydrogens (tertiary/aromatic N) is 1. The largest absolute Gasteiger partial charge is 0.497 e. The molecule has 0 aliphatic rings. The molecule has 17 heavy (non-hydrogen) atoms. The molecule has 0 spiro atoms. The second-order valence-corrected chi connectivity index (χ2v) is 4.49. The number of carbonyl (C=O) groups excluding carboxylic acids is 1. The normalized spacial score (nSPS) is 10.1. The minimum atomic E-state index is 0.181. The Labute approximate surface area is 111 Å². The van der Waals surface area contributed by atoms with Crippen LogP contribution < -0.4 is 4.74 Å². The van der Waals surface area contributed by atoms with Gasteiger partial charge in [0.05, 0.1) is 7.11 Å². The molecule has 0 saturated carbocycles. The molecule has 0 N–H and O–H groups in total. The fraction of sp³-hybridized carbons (Fsp3) is 0.462. The minimum absolute atomic E-state index is 0.181. The summed E-state index contributed by atoms with van der Waals surface area (Å²) in [5, 5.41) is 0.713. The number of carbonyl (C=O) groups is 1. The molecule has 0 radical (unpaired) electrons. The Balaban J connectivity index is 2.63. The average Bonchev–Trinajstić information content (AvgIpc) is 2.37. The summed E-state index contributed by atoms with van der Waals surface area (Å²) in [7, 11) is 1.65. The quantitative estimate of drug-likeness (QED) is 0.756. The molecular formula is C13H18BrNO2. The molecule has 1 amide bonds. The van der Waals surface area contributed by atoms with E-state index in [2.05, 4.69) is 15.9 Å². The van der Waals surface area contributed by atoms with Crippen LogP contribution in [0.5, 0.6) is 5.75 Å². The van der Waals surface area contributed by atoms with Gasteiger partial charge in [0.25, 0.3) is 0 Å². The first-order valence-corrected chi connectivity index (χ1v) is 6.80. The monoisotopic (exact) mass is 299 g/mol. The van der Waals surface area contributed by atoms with E-state index in [1.54, 1.807) is 7.11 Å². The zero-order chi connectivity index (χ0) is 12.7. The van der Waals surface area contributed by atoms with Crippen LogP contribution in [0.2, 0.25) is 0 Å². The van der Waals surface area contributed by atoms with E-state index in [1.807, 2.05) is 36.1 Å². The third-order valence-corrected chi connectivity index (χ3v) is 2.97. The number of benzene rings is 1. The molecule has 0 unspecified atom stereocenters. The van der Waals surface area contributed by atoms with Gasteiger partial charge in [-0.2, -0.15) is 0 Å². The highest BCUT2D eigenvalue weighted by atomic mass is 79.9. The number of alkyl halides is 1. The van der Waals surface area contributed by atoms with Crippen molar-refractivity contribution >= 4 is 21.8 Å². The molecule has 1 aromatic carbocycles. The maximum atomic E-state index is 11.8. The third-order valence-electron chi connectivity index (χ3n) is 2.58. The number of halogens is 1. The fourth-order valence-corrected chi connectivity index (χ4v) is 1.91. The summed E-state index contributed by atoms with van der Waals surface area (Å²) in [6.07, 6.45) is 0.546. The van der Waals surface area contributed by atoms with Crippen LogP contribution in [-0.4, -0.2) is 29.8 Å². The Morgan fingerprint density at radius 1 is 1.35 bits per heavy atom. The van der Waals surface area contributed by atoms with Gasteiger partial charge < -0.3 is 9.64 Å². The van der Waals surface area contributed by atoms with E-state index in [0.717, 1.165) is 17.9 Å². The van der Waals surface area contributed by atoms with Gasteiger partial charge in [-0.3, -0.25) is 4.79 Å². The molecule has 0 bridgehead atoms. The molecule has 4 heteroatoms. The van der Waals surface area contributed by atoms with Crippen molar-refractivity contribution in [1.82, 2.24) is 4.90 Å². The number of amides is 1. The lowest BCUT2D eigenvalue weighted by molar-refractivity contribution is -0.131. The molecule has 3 nitrogen and oxygen atoms in total. The van der Waals surface area contributed by atoms with Gasteiger partial charge in [-0.25, -0.2) is 0 Å². The molecule has 0 heterocycles. The van der Waals surface area contributed by atoms with Crippen LogP contribution >= 0.6 is 15.9 Å². The SMILES string of the molecule is CCN(Cc1ccc(OC)cc1)C(=O)CCBr. The standard InChI is InChI=1S/C13H18BrNO2/c1-3-15(13(16)8-9-14)10-11-4-6-12(17-2)7-5-11/h4-7H,3,8-10H2,1-2H3. The molecule has 0 aliphatic heterocycles. The minimum Gasteiger partial charge on any atom is -0.497 e. The van der Waals surface area contributed by atoms with Gasteiger partial charge in [-0.1, -0.05) is 28.1 Å². The van der Waals surface area contributed by atoms with Crippen LogP contribution in [0, 0.1) is 0 Å². The van der Waals surface area contributed by atoms with Crippen molar-refractivity contribution in [2.45, 2.75) is 19.9 Å². The Bertz CT molecular complexity index is 351. The smallest absolute Gasteiger partial charge is 0.223 e. The lowest BCUT2D eigenvalue weighted by Crippen LogP contribution is -2.30. The van der Waals surface area contributed by atoms with Gasteiger partial charge in [-0.15, -0.1) is 0 Å². The first kappa shape index (κ1) is 14.0. The van der Waals surface area contributed by atoms with Gasteiger partial charge >= 0.3 is 0 Å². The Kier molecular flexibility index (Phi) is 6.05. The number of ether oxygens (including phenoxy) is 1. The van der Waals surface area contributed by atoms with Crippen LogP contribution in [0.4, 0.5) is 0 Å². The van der Waals surface area contributed by atoms with E-state index in [4.69, 9.17) is 4.74 Å². The maximum absolute atomic E-state index is 11.8. The highest BCUT2D eigenvalue weighted by molar-refractivity contribution is 9.09. The van der Waals surface area contributed by atoms with E-state index < -0.39 is 0 Å². The number of hydrogen-bond donors (Lipinski definition) is 0. The molecule has 1 rings (SSSR count). The van der Waals surface area contributed by atoms with Crippen LogP contribution in [0.15, 0.2) is 24.3 Å². The second-order valence-electron chi connectivity index (χ2n) is 3.69. The summed E-state index contributed by atoms with van der Waals surface area (Å²) >= 11 is 3.29. The molecule has 0 saturated heterocycles. The summed E-state index contributed by atoms with van der Waals surface area (Å²) in [4.78, 5) is 13.6. The Morgan fingerprint density at radius 2 is 2.00 bits per heavy atom. The van der Waals surface area contributed by atoms with Crippen molar-refractivity contribution < 1.29 is 9.53 Å². The predicted octanol–water partition coefficient (Wildman–Crippen LogP) is 2.83. The molecule has 0 atom stereocenters. The van der Waals surface area contributed by atoms with E-state index in [-0.39, 0.29) is 5.91 Å². The second kappa shape index (κ2) is 7.33. The molecular weight excluding hydrogens is 282 g/mol. The Hall–Kier alpha value is -1.03. The van der Waals surface area contributed by atoms with Crippen molar-refractivity contribution in [2.75, 3.05) is 19.0 Å². The van der Waals surface area contributed by atoms with Crippen molar-refractivity contribution in [2.24, 2.45) is 0 Å². The van der Waals surface area contributed by atoms with Gasteiger partial charge in [0.15, 0.2) is 0 Å². The number of hydrogen-bond acceptors (Lipinski definition) is 2. The number of methoxy groups -OCH3 is 1. The molecule has 94 valence electrons.